The van der Waals surface area contributed by atoms with Crippen molar-refractivity contribution >= 4 is 15.5 Å². The standard InChI is InChI=1S/C12H16F3NO2S/c1-2-7-19(17,18)8-6-16-11-5-3-4-10(9-11)12(13,14)15/h3-5,9,16H,2,6-8H2,1H3. The van der Waals surface area contributed by atoms with Gasteiger partial charge in [-0.2, -0.15) is 13.2 Å². The zero-order valence-corrected chi connectivity index (χ0v) is 11.3. The van der Waals surface area contributed by atoms with Crippen LogP contribution in [0.15, 0.2) is 24.3 Å². The van der Waals surface area contributed by atoms with E-state index in [1.54, 1.807) is 6.92 Å². The minimum absolute atomic E-state index is 0.0862. The van der Waals surface area contributed by atoms with Crippen LogP contribution in [-0.4, -0.2) is 26.5 Å². The fourth-order valence-electron chi connectivity index (χ4n) is 1.57. The average Bonchev–Trinajstić information content (AvgIpc) is 2.28. The van der Waals surface area contributed by atoms with E-state index in [0.29, 0.717) is 6.42 Å². The molecule has 0 atom stereocenters. The largest absolute Gasteiger partial charge is 0.416 e. The minimum atomic E-state index is -4.40. The highest BCUT2D eigenvalue weighted by Gasteiger charge is 2.30. The molecule has 108 valence electrons. The van der Waals surface area contributed by atoms with Gasteiger partial charge >= 0.3 is 6.18 Å². The first-order chi connectivity index (χ1) is 8.74. The van der Waals surface area contributed by atoms with Gasteiger partial charge in [0.1, 0.15) is 0 Å². The molecule has 0 aliphatic heterocycles. The molecule has 0 radical (unpaired) electrons. The van der Waals surface area contributed by atoms with Gasteiger partial charge in [-0.3, -0.25) is 0 Å². The van der Waals surface area contributed by atoms with Crippen molar-refractivity contribution in [2.45, 2.75) is 19.5 Å². The molecule has 1 aromatic rings. The summed E-state index contributed by atoms with van der Waals surface area (Å²) in [6.45, 7) is 1.86. The van der Waals surface area contributed by atoms with Crippen LogP contribution >= 0.6 is 0 Å². The first-order valence-electron chi connectivity index (χ1n) is 5.86. The van der Waals surface area contributed by atoms with E-state index >= 15 is 0 Å². The summed E-state index contributed by atoms with van der Waals surface area (Å²) in [5.41, 5.74) is -0.490. The topological polar surface area (TPSA) is 46.2 Å². The molecule has 1 N–H and O–H groups in total. The van der Waals surface area contributed by atoms with Crippen LogP contribution in [0.2, 0.25) is 0 Å². The Labute approximate surface area is 110 Å². The van der Waals surface area contributed by atoms with Gasteiger partial charge in [-0.1, -0.05) is 13.0 Å². The van der Waals surface area contributed by atoms with Gasteiger partial charge in [-0.25, -0.2) is 8.42 Å². The number of alkyl halides is 3. The zero-order valence-electron chi connectivity index (χ0n) is 10.5. The van der Waals surface area contributed by atoms with Crippen molar-refractivity contribution in [2.75, 3.05) is 23.4 Å². The minimum Gasteiger partial charge on any atom is -0.384 e. The molecule has 0 bridgehead atoms. The number of benzene rings is 1. The number of halogens is 3. The Balaban J connectivity index is 2.60. The van der Waals surface area contributed by atoms with Crippen LogP contribution in [0.4, 0.5) is 18.9 Å². The lowest BCUT2D eigenvalue weighted by Crippen LogP contribution is -2.18. The van der Waals surface area contributed by atoms with Crippen molar-refractivity contribution in [3.05, 3.63) is 29.8 Å². The quantitative estimate of drug-likeness (QED) is 0.877. The molecule has 0 heterocycles. The maximum Gasteiger partial charge on any atom is 0.416 e. The molecule has 0 spiro atoms. The van der Waals surface area contributed by atoms with Gasteiger partial charge in [-0.05, 0) is 24.6 Å². The Kier molecular flexibility index (Phi) is 5.22. The van der Waals surface area contributed by atoms with Crippen molar-refractivity contribution in [1.82, 2.24) is 0 Å². The first-order valence-corrected chi connectivity index (χ1v) is 7.68. The van der Waals surface area contributed by atoms with Crippen molar-refractivity contribution in [3.8, 4) is 0 Å². The van der Waals surface area contributed by atoms with Crippen LogP contribution in [0.25, 0.3) is 0 Å². The number of rotatable bonds is 6. The molecule has 3 nitrogen and oxygen atoms in total. The SMILES string of the molecule is CCCS(=O)(=O)CCNc1cccc(C(F)(F)F)c1. The second kappa shape index (κ2) is 6.27. The maximum atomic E-state index is 12.5. The Bertz CT molecular complexity index is 512. The molecule has 0 unspecified atom stereocenters. The van der Waals surface area contributed by atoms with Gasteiger partial charge in [-0.15, -0.1) is 0 Å². The van der Waals surface area contributed by atoms with Crippen molar-refractivity contribution in [2.24, 2.45) is 0 Å². The summed E-state index contributed by atoms with van der Waals surface area (Å²) < 4.78 is 60.2. The normalized spacial score (nSPS) is 12.4. The summed E-state index contributed by atoms with van der Waals surface area (Å²) in [6, 6.07) is 4.69. The fourth-order valence-corrected chi connectivity index (χ4v) is 2.81. The Morgan fingerprint density at radius 2 is 1.89 bits per heavy atom. The van der Waals surface area contributed by atoms with E-state index in [4.69, 9.17) is 0 Å². The molecule has 0 aliphatic carbocycles. The van der Waals surface area contributed by atoms with E-state index < -0.39 is 21.6 Å². The number of hydrogen-bond acceptors (Lipinski definition) is 3. The molecule has 0 saturated heterocycles. The number of nitrogens with one attached hydrogen (secondary N) is 1. The van der Waals surface area contributed by atoms with Crippen molar-refractivity contribution in [3.63, 3.8) is 0 Å². The lowest BCUT2D eigenvalue weighted by atomic mass is 10.2. The molecule has 1 aromatic carbocycles. The number of anilines is 1. The molecule has 0 aromatic heterocycles. The Morgan fingerprint density at radius 3 is 2.47 bits per heavy atom. The number of hydrogen-bond donors (Lipinski definition) is 1. The summed E-state index contributed by atoms with van der Waals surface area (Å²) in [4.78, 5) is 0. The first kappa shape index (κ1) is 15.8. The van der Waals surface area contributed by atoms with Crippen molar-refractivity contribution in [1.29, 1.82) is 0 Å². The summed E-state index contributed by atoms with van der Waals surface area (Å²) >= 11 is 0. The lowest BCUT2D eigenvalue weighted by Gasteiger charge is -2.10. The van der Waals surface area contributed by atoms with Crippen LogP contribution < -0.4 is 5.32 Å². The third kappa shape index (κ3) is 5.50. The zero-order chi connectivity index (χ0) is 14.5. The Morgan fingerprint density at radius 1 is 1.21 bits per heavy atom. The summed E-state index contributed by atoms with van der Waals surface area (Å²) in [6.07, 6.45) is -3.86. The van der Waals surface area contributed by atoms with Crippen LogP contribution in [0.1, 0.15) is 18.9 Å². The predicted octanol–water partition coefficient (Wildman–Crippen LogP) is 2.94. The smallest absolute Gasteiger partial charge is 0.384 e. The molecule has 19 heavy (non-hydrogen) atoms. The molecule has 0 fully saturated rings. The maximum absolute atomic E-state index is 12.5. The summed E-state index contributed by atoms with van der Waals surface area (Å²) in [7, 11) is -3.13. The van der Waals surface area contributed by atoms with Crippen molar-refractivity contribution < 1.29 is 21.6 Å². The highest BCUT2D eigenvalue weighted by atomic mass is 32.2. The van der Waals surface area contributed by atoms with Crippen LogP contribution in [0.5, 0.6) is 0 Å². The third-order valence-electron chi connectivity index (χ3n) is 2.45. The van der Waals surface area contributed by atoms with Gasteiger partial charge in [0.05, 0.1) is 11.3 Å². The molecule has 0 amide bonds. The van der Waals surface area contributed by atoms with E-state index in [-0.39, 0.29) is 23.7 Å². The lowest BCUT2D eigenvalue weighted by molar-refractivity contribution is -0.137. The number of sulfone groups is 1. The van der Waals surface area contributed by atoms with E-state index in [1.807, 2.05) is 0 Å². The van der Waals surface area contributed by atoms with Gasteiger partial charge in [0.25, 0.3) is 0 Å². The van der Waals surface area contributed by atoms with E-state index in [0.717, 1.165) is 12.1 Å². The third-order valence-corrected chi connectivity index (χ3v) is 4.30. The molecule has 0 saturated carbocycles. The molecule has 1 rings (SSSR count). The van der Waals surface area contributed by atoms with Crippen LogP contribution in [-0.2, 0) is 16.0 Å². The van der Waals surface area contributed by atoms with E-state index in [9.17, 15) is 21.6 Å². The molecular weight excluding hydrogens is 279 g/mol. The second-order valence-corrected chi connectivity index (χ2v) is 6.46. The van der Waals surface area contributed by atoms with E-state index in [2.05, 4.69) is 5.32 Å². The Hall–Kier alpha value is -1.24. The highest BCUT2D eigenvalue weighted by molar-refractivity contribution is 7.91. The van der Waals surface area contributed by atoms with Gasteiger partial charge in [0.2, 0.25) is 0 Å². The van der Waals surface area contributed by atoms with Gasteiger partial charge in [0.15, 0.2) is 9.84 Å². The fraction of sp³-hybridized carbons (Fsp3) is 0.500. The molecule has 7 heteroatoms. The van der Waals surface area contributed by atoms with Gasteiger partial charge < -0.3 is 5.32 Å². The van der Waals surface area contributed by atoms with Crippen LogP contribution in [0, 0.1) is 0 Å². The molecular formula is C12H16F3NO2S. The van der Waals surface area contributed by atoms with Crippen LogP contribution in [0.3, 0.4) is 0 Å². The summed E-state index contributed by atoms with van der Waals surface area (Å²) in [5, 5.41) is 2.69. The average molecular weight is 295 g/mol. The second-order valence-electron chi connectivity index (χ2n) is 4.16. The summed E-state index contributed by atoms with van der Waals surface area (Å²) in [5.74, 6) is 0.00829. The highest BCUT2D eigenvalue weighted by Crippen LogP contribution is 2.30. The molecule has 0 aliphatic rings. The van der Waals surface area contributed by atoms with E-state index in [1.165, 1.54) is 12.1 Å². The predicted molar refractivity (Wildman–Crippen MR) is 68.9 cm³/mol. The monoisotopic (exact) mass is 295 g/mol. The van der Waals surface area contributed by atoms with Gasteiger partial charge in [0, 0.05) is 18.0 Å².